The molecule has 32 heavy (non-hydrogen) atoms. The summed E-state index contributed by atoms with van der Waals surface area (Å²) < 4.78 is 17.7. The van der Waals surface area contributed by atoms with Crippen molar-refractivity contribution in [2.75, 3.05) is 7.11 Å². The first-order valence-corrected chi connectivity index (χ1v) is 11.2. The Bertz CT molecular complexity index is 1020. The number of benzene rings is 1. The zero-order valence-electron chi connectivity index (χ0n) is 18.5. The maximum atomic E-state index is 12.8. The Balaban J connectivity index is 1.52. The Morgan fingerprint density at radius 1 is 1.31 bits per heavy atom. The van der Waals surface area contributed by atoms with Crippen molar-refractivity contribution in [2.45, 2.75) is 75.2 Å². The van der Waals surface area contributed by atoms with Gasteiger partial charge in [0.1, 0.15) is 17.9 Å². The molecule has 2 bridgehead atoms. The fourth-order valence-electron chi connectivity index (χ4n) is 6.28. The van der Waals surface area contributed by atoms with Crippen molar-refractivity contribution in [3.63, 3.8) is 0 Å². The predicted molar refractivity (Wildman–Crippen MR) is 113 cm³/mol. The van der Waals surface area contributed by atoms with E-state index in [1.54, 1.807) is 13.2 Å². The number of rotatable bonds is 5. The van der Waals surface area contributed by atoms with Crippen LogP contribution in [0.4, 0.5) is 0 Å². The van der Waals surface area contributed by atoms with Crippen LogP contribution in [0.1, 0.15) is 50.7 Å². The molecule has 1 aromatic rings. The minimum Gasteiger partial charge on any atom is -0.493 e. The Hall–Kier alpha value is -2.58. The molecule has 3 N–H and O–H groups in total. The molecule has 1 aliphatic heterocycles. The van der Waals surface area contributed by atoms with Gasteiger partial charge in [-0.2, -0.15) is 0 Å². The number of esters is 1. The molecule has 0 saturated heterocycles. The Morgan fingerprint density at radius 2 is 2.09 bits per heavy atom. The van der Waals surface area contributed by atoms with Crippen LogP contribution >= 0.6 is 0 Å². The number of nitrogens with one attached hydrogen (secondary N) is 1. The minimum absolute atomic E-state index is 0.104. The molecule has 5 rings (SSSR count). The number of ether oxygens (including phenoxy) is 3. The topological polar surface area (TPSA) is 114 Å². The number of hydrogen-bond acceptors (Lipinski definition) is 7. The molecule has 0 unspecified atom stereocenters. The molecule has 1 amide bonds. The molecule has 4 aliphatic rings. The fourth-order valence-corrected chi connectivity index (χ4v) is 6.28. The van der Waals surface area contributed by atoms with E-state index in [9.17, 15) is 19.8 Å². The van der Waals surface area contributed by atoms with Crippen molar-refractivity contribution in [1.82, 2.24) is 5.32 Å². The van der Waals surface area contributed by atoms with Gasteiger partial charge in [-0.3, -0.25) is 4.79 Å². The third-order valence-corrected chi connectivity index (χ3v) is 7.78. The van der Waals surface area contributed by atoms with Gasteiger partial charge in [0.2, 0.25) is 5.91 Å². The van der Waals surface area contributed by atoms with Crippen molar-refractivity contribution in [2.24, 2.45) is 5.92 Å². The molecule has 1 aromatic carbocycles. The summed E-state index contributed by atoms with van der Waals surface area (Å²) in [5.74, 6) is 0.370. The summed E-state index contributed by atoms with van der Waals surface area (Å²) in [5.41, 5.74) is 0.451. The van der Waals surface area contributed by atoms with Gasteiger partial charge in [-0.05, 0) is 63.2 Å². The lowest BCUT2D eigenvalue weighted by Gasteiger charge is -2.59. The summed E-state index contributed by atoms with van der Waals surface area (Å²) >= 11 is 0. The van der Waals surface area contributed by atoms with E-state index < -0.39 is 41.1 Å². The maximum absolute atomic E-state index is 12.8. The summed E-state index contributed by atoms with van der Waals surface area (Å²) in [4.78, 5) is 24.5. The van der Waals surface area contributed by atoms with Gasteiger partial charge in [-0.25, -0.2) is 4.79 Å². The van der Waals surface area contributed by atoms with Gasteiger partial charge in [0.05, 0.1) is 18.1 Å². The summed E-state index contributed by atoms with van der Waals surface area (Å²) in [6, 6.07) is 3.00. The molecule has 6 atom stereocenters. The number of aliphatic hydroxyl groups excluding tert-OH is 1. The van der Waals surface area contributed by atoms with Crippen LogP contribution < -0.4 is 14.8 Å². The van der Waals surface area contributed by atoms with Crippen molar-refractivity contribution >= 4 is 11.9 Å². The number of hydrogen-bond donors (Lipinski definition) is 3. The Labute approximate surface area is 186 Å². The molecule has 1 fully saturated rings. The van der Waals surface area contributed by atoms with E-state index in [1.165, 1.54) is 13.8 Å². The number of amides is 1. The minimum atomic E-state index is -1.23. The Kier molecular flexibility index (Phi) is 4.80. The molecular weight excluding hydrogens is 414 g/mol. The molecule has 3 aliphatic carbocycles. The first-order valence-electron chi connectivity index (χ1n) is 11.2. The number of aliphatic hydroxyl groups is 2. The van der Waals surface area contributed by atoms with E-state index in [4.69, 9.17) is 14.2 Å². The molecular formula is C24H29NO7. The molecule has 0 aromatic heterocycles. The standard InChI is InChI=1S/C24H29NO7/c1-12(25-21(27)13(2)26)22(28)31-17-8-10-24(29)15-5-4-9-23(24)18-14(11-15)6-7-16(30-3)19(18)32-20(17)23/h6-8,12-13,15,20,26,29H,4-5,9-11H2,1-3H3,(H,25,27)/t12-,13-,15-,20+,23+,24-/m0/s1. The lowest BCUT2D eigenvalue weighted by molar-refractivity contribution is -0.161. The second kappa shape index (κ2) is 7.22. The third kappa shape index (κ3) is 2.69. The molecule has 1 spiro atoms. The van der Waals surface area contributed by atoms with E-state index in [1.807, 2.05) is 6.07 Å². The first-order chi connectivity index (χ1) is 15.2. The predicted octanol–water partition coefficient (Wildman–Crippen LogP) is 1.50. The SMILES string of the molecule is COc1ccc2c3c1O[C@@H]1C(OC(=O)[C@H](C)NC(=O)[C@H](C)O)=CC[C@]4(O)[C@@H](CCC[C@@]314)C2. The van der Waals surface area contributed by atoms with Gasteiger partial charge < -0.3 is 29.7 Å². The monoisotopic (exact) mass is 443 g/mol. The number of carbonyl (C=O) groups excluding carboxylic acids is 2. The summed E-state index contributed by atoms with van der Waals surface area (Å²) in [6.07, 6.45) is 3.64. The highest BCUT2D eigenvalue weighted by Crippen LogP contribution is 2.67. The largest absolute Gasteiger partial charge is 0.493 e. The normalized spacial score (nSPS) is 33.2. The van der Waals surface area contributed by atoms with Crippen LogP contribution in [0, 0.1) is 5.92 Å². The molecule has 1 saturated carbocycles. The van der Waals surface area contributed by atoms with Gasteiger partial charge in [0.15, 0.2) is 17.6 Å². The average Bonchev–Trinajstić information content (AvgIpc) is 3.10. The molecule has 1 heterocycles. The lowest BCUT2D eigenvalue weighted by Crippen LogP contribution is -2.67. The van der Waals surface area contributed by atoms with E-state index >= 15 is 0 Å². The van der Waals surface area contributed by atoms with E-state index in [0.717, 1.165) is 36.8 Å². The highest BCUT2D eigenvalue weighted by atomic mass is 16.6. The molecule has 8 heteroatoms. The average molecular weight is 443 g/mol. The quantitative estimate of drug-likeness (QED) is 0.591. The first kappa shape index (κ1) is 21.3. The van der Waals surface area contributed by atoms with Crippen LogP contribution in [-0.4, -0.2) is 53.1 Å². The lowest BCUT2D eigenvalue weighted by atomic mass is 9.47. The van der Waals surface area contributed by atoms with Crippen LogP contribution in [0.3, 0.4) is 0 Å². The highest BCUT2D eigenvalue weighted by molar-refractivity contribution is 5.86. The van der Waals surface area contributed by atoms with Crippen LogP contribution in [0.15, 0.2) is 24.0 Å². The van der Waals surface area contributed by atoms with Gasteiger partial charge in [-0.15, -0.1) is 0 Å². The van der Waals surface area contributed by atoms with Crippen molar-refractivity contribution in [3.8, 4) is 11.5 Å². The van der Waals surface area contributed by atoms with Gasteiger partial charge >= 0.3 is 5.97 Å². The number of methoxy groups -OCH3 is 1. The highest BCUT2D eigenvalue weighted by Gasteiger charge is 2.70. The van der Waals surface area contributed by atoms with Crippen LogP contribution in [0.5, 0.6) is 11.5 Å². The zero-order valence-corrected chi connectivity index (χ0v) is 18.5. The van der Waals surface area contributed by atoms with Crippen molar-refractivity contribution in [1.29, 1.82) is 0 Å². The van der Waals surface area contributed by atoms with Crippen LogP contribution in [-0.2, 0) is 26.2 Å². The van der Waals surface area contributed by atoms with E-state index in [-0.39, 0.29) is 5.92 Å². The zero-order chi connectivity index (χ0) is 22.8. The third-order valence-electron chi connectivity index (χ3n) is 7.78. The summed E-state index contributed by atoms with van der Waals surface area (Å²) in [5, 5.41) is 23.9. The second-order valence-corrected chi connectivity index (χ2v) is 9.46. The van der Waals surface area contributed by atoms with Gasteiger partial charge in [0, 0.05) is 5.56 Å². The van der Waals surface area contributed by atoms with Crippen LogP contribution in [0.25, 0.3) is 0 Å². The van der Waals surface area contributed by atoms with Gasteiger partial charge in [-0.1, -0.05) is 12.5 Å². The van der Waals surface area contributed by atoms with Crippen molar-refractivity contribution < 1.29 is 34.0 Å². The van der Waals surface area contributed by atoms with E-state index in [0.29, 0.717) is 23.7 Å². The molecule has 0 radical (unpaired) electrons. The Morgan fingerprint density at radius 3 is 2.81 bits per heavy atom. The fraction of sp³-hybridized carbons (Fsp3) is 0.583. The van der Waals surface area contributed by atoms with Gasteiger partial charge in [0.25, 0.3) is 0 Å². The summed E-state index contributed by atoms with van der Waals surface area (Å²) in [6.45, 7) is 2.83. The molecule has 8 nitrogen and oxygen atoms in total. The second-order valence-electron chi connectivity index (χ2n) is 9.46. The number of carbonyl (C=O) groups is 2. The molecule has 172 valence electrons. The van der Waals surface area contributed by atoms with E-state index in [2.05, 4.69) is 11.4 Å². The summed E-state index contributed by atoms with van der Waals surface area (Å²) in [7, 11) is 1.59. The van der Waals surface area contributed by atoms with Crippen LogP contribution in [0.2, 0.25) is 0 Å². The maximum Gasteiger partial charge on any atom is 0.333 e. The smallest absolute Gasteiger partial charge is 0.333 e. The van der Waals surface area contributed by atoms with Crippen molar-refractivity contribution in [3.05, 3.63) is 35.1 Å².